The van der Waals surface area contributed by atoms with E-state index < -0.39 is 0 Å². The van der Waals surface area contributed by atoms with Gasteiger partial charge < -0.3 is 10.5 Å². The molecule has 0 fully saturated rings. The molecule has 0 aliphatic heterocycles. The van der Waals surface area contributed by atoms with Crippen LogP contribution < -0.4 is 5.73 Å². The monoisotopic (exact) mass is 208 g/mol. The SMILES string of the molecule is COC(=O)C(CN)Cc1ccc(C)nc1. The van der Waals surface area contributed by atoms with Gasteiger partial charge in [-0.3, -0.25) is 9.78 Å². The summed E-state index contributed by atoms with van der Waals surface area (Å²) in [5.41, 5.74) is 7.47. The number of aromatic nitrogens is 1. The molecule has 1 rings (SSSR count). The van der Waals surface area contributed by atoms with Crippen LogP contribution in [0.15, 0.2) is 18.3 Å². The van der Waals surface area contributed by atoms with Gasteiger partial charge >= 0.3 is 5.97 Å². The number of ether oxygens (including phenoxy) is 1. The van der Waals surface area contributed by atoms with Gasteiger partial charge in [-0.05, 0) is 25.0 Å². The molecule has 4 nitrogen and oxygen atoms in total. The zero-order chi connectivity index (χ0) is 11.3. The minimum absolute atomic E-state index is 0.266. The van der Waals surface area contributed by atoms with Gasteiger partial charge in [0.1, 0.15) is 0 Å². The van der Waals surface area contributed by atoms with E-state index in [0.29, 0.717) is 13.0 Å². The largest absolute Gasteiger partial charge is 0.469 e. The molecular formula is C11H16N2O2. The van der Waals surface area contributed by atoms with E-state index in [1.807, 2.05) is 19.1 Å². The van der Waals surface area contributed by atoms with Crippen molar-refractivity contribution < 1.29 is 9.53 Å². The molecule has 1 aromatic rings. The fraction of sp³-hybridized carbons (Fsp3) is 0.455. The van der Waals surface area contributed by atoms with Crippen LogP contribution in [0.3, 0.4) is 0 Å². The van der Waals surface area contributed by atoms with Crippen molar-refractivity contribution in [2.75, 3.05) is 13.7 Å². The Kier molecular flexibility index (Phi) is 4.24. The summed E-state index contributed by atoms with van der Waals surface area (Å²) in [6, 6.07) is 3.87. The third-order valence-electron chi connectivity index (χ3n) is 2.27. The van der Waals surface area contributed by atoms with Crippen molar-refractivity contribution in [3.63, 3.8) is 0 Å². The number of nitrogens with zero attached hydrogens (tertiary/aromatic N) is 1. The maximum absolute atomic E-state index is 11.3. The fourth-order valence-electron chi connectivity index (χ4n) is 1.33. The van der Waals surface area contributed by atoms with Crippen LogP contribution in [0, 0.1) is 12.8 Å². The van der Waals surface area contributed by atoms with Crippen molar-refractivity contribution in [3.05, 3.63) is 29.6 Å². The lowest BCUT2D eigenvalue weighted by molar-refractivity contribution is -0.145. The average Bonchev–Trinajstić information content (AvgIpc) is 2.27. The Bertz CT molecular complexity index is 322. The third kappa shape index (κ3) is 3.32. The van der Waals surface area contributed by atoms with Gasteiger partial charge in [0.2, 0.25) is 0 Å². The summed E-state index contributed by atoms with van der Waals surface area (Å²) in [6.07, 6.45) is 2.34. The minimum atomic E-state index is -0.278. The van der Waals surface area contributed by atoms with Crippen molar-refractivity contribution in [2.45, 2.75) is 13.3 Å². The predicted octanol–water partition coefficient (Wildman–Crippen LogP) is 0.680. The number of pyridine rings is 1. The summed E-state index contributed by atoms with van der Waals surface area (Å²) >= 11 is 0. The zero-order valence-electron chi connectivity index (χ0n) is 9.06. The molecule has 0 radical (unpaired) electrons. The first kappa shape index (κ1) is 11.7. The molecule has 0 aromatic carbocycles. The summed E-state index contributed by atoms with van der Waals surface area (Å²) in [7, 11) is 1.37. The normalized spacial score (nSPS) is 12.2. The molecule has 0 bridgehead atoms. The lowest BCUT2D eigenvalue weighted by Gasteiger charge is -2.11. The van der Waals surface area contributed by atoms with Crippen molar-refractivity contribution >= 4 is 5.97 Å². The van der Waals surface area contributed by atoms with E-state index >= 15 is 0 Å². The molecule has 0 aliphatic rings. The smallest absolute Gasteiger partial charge is 0.310 e. The second kappa shape index (κ2) is 5.46. The van der Waals surface area contributed by atoms with E-state index in [2.05, 4.69) is 9.72 Å². The number of hydrogen-bond acceptors (Lipinski definition) is 4. The van der Waals surface area contributed by atoms with Gasteiger partial charge in [0.05, 0.1) is 13.0 Å². The second-order valence-corrected chi connectivity index (χ2v) is 3.47. The van der Waals surface area contributed by atoms with Crippen LogP contribution in [0.2, 0.25) is 0 Å². The number of carbonyl (C=O) groups excluding carboxylic acids is 1. The molecule has 1 unspecified atom stereocenters. The molecule has 1 heterocycles. The first-order valence-electron chi connectivity index (χ1n) is 4.86. The average molecular weight is 208 g/mol. The number of methoxy groups -OCH3 is 1. The Morgan fingerprint density at radius 3 is 2.80 bits per heavy atom. The van der Waals surface area contributed by atoms with Crippen LogP contribution in [0.5, 0.6) is 0 Å². The summed E-state index contributed by atoms with van der Waals surface area (Å²) in [5.74, 6) is -0.544. The molecule has 1 aromatic heterocycles. The Hall–Kier alpha value is -1.42. The zero-order valence-corrected chi connectivity index (χ0v) is 9.06. The van der Waals surface area contributed by atoms with Gasteiger partial charge in [-0.25, -0.2) is 0 Å². The van der Waals surface area contributed by atoms with Crippen molar-refractivity contribution in [2.24, 2.45) is 11.7 Å². The minimum Gasteiger partial charge on any atom is -0.469 e. The quantitative estimate of drug-likeness (QED) is 0.739. The third-order valence-corrected chi connectivity index (χ3v) is 2.27. The van der Waals surface area contributed by atoms with Crippen LogP contribution in [0.25, 0.3) is 0 Å². The predicted molar refractivity (Wildman–Crippen MR) is 57.2 cm³/mol. The molecule has 0 amide bonds. The molecule has 0 saturated carbocycles. The van der Waals surface area contributed by atoms with E-state index in [-0.39, 0.29) is 11.9 Å². The molecule has 0 saturated heterocycles. The van der Waals surface area contributed by atoms with Gasteiger partial charge in [0, 0.05) is 18.4 Å². The number of aryl methyl sites for hydroxylation is 1. The number of nitrogens with two attached hydrogens (primary N) is 1. The van der Waals surface area contributed by atoms with Gasteiger partial charge in [-0.15, -0.1) is 0 Å². The highest BCUT2D eigenvalue weighted by Gasteiger charge is 2.17. The van der Waals surface area contributed by atoms with Crippen molar-refractivity contribution in [1.29, 1.82) is 0 Å². The van der Waals surface area contributed by atoms with E-state index in [1.54, 1.807) is 6.20 Å². The highest BCUT2D eigenvalue weighted by atomic mass is 16.5. The molecule has 1 atom stereocenters. The molecule has 0 spiro atoms. The van der Waals surface area contributed by atoms with Gasteiger partial charge in [-0.2, -0.15) is 0 Å². The highest BCUT2D eigenvalue weighted by Crippen LogP contribution is 2.08. The first-order chi connectivity index (χ1) is 7.17. The Morgan fingerprint density at radius 1 is 1.60 bits per heavy atom. The summed E-state index contributed by atoms with van der Waals surface area (Å²) in [6.45, 7) is 2.21. The number of hydrogen-bond donors (Lipinski definition) is 1. The number of carbonyl (C=O) groups is 1. The maximum Gasteiger partial charge on any atom is 0.310 e. The Morgan fingerprint density at radius 2 is 2.33 bits per heavy atom. The van der Waals surface area contributed by atoms with Crippen LogP contribution in [-0.2, 0) is 16.0 Å². The van der Waals surface area contributed by atoms with Crippen LogP contribution in [0.1, 0.15) is 11.3 Å². The van der Waals surface area contributed by atoms with Gasteiger partial charge in [-0.1, -0.05) is 6.07 Å². The van der Waals surface area contributed by atoms with Gasteiger partial charge in [0.15, 0.2) is 0 Å². The topological polar surface area (TPSA) is 65.2 Å². The van der Waals surface area contributed by atoms with Crippen LogP contribution in [-0.4, -0.2) is 24.6 Å². The lowest BCUT2D eigenvalue weighted by atomic mass is 10.0. The summed E-state index contributed by atoms with van der Waals surface area (Å²) in [4.78, 5) is 15.5. The summed E-state index contributed by atoms with van der Waals surface area (Å²) in [5, 5.41) is 0. The highest BCUT2D eigenvalue weighted by molar-refractivity contribution is 5.72. The van der Waals surface area contributed by atoms with E-state index in [1.165, 1.54) is 7.11 Å². The van der Waals surface area contributed by atoms with Crippen molar-refractivity contribution in [1.82, 2.24) is 4.98 Å². The van der Waals surface area contributed by atoms with Crippen LogP contribution >= 0.6 is 0 Å². The maximum atomic E-state index is 11.3. The molecule has 0 aliphatic carbocycles. The Balaban J connectivity index is 2.66. The van der Waals surface area contributed by atoms with E-state index in [4.69, 9.17) is 5.73 Å². The standard InChI is InChI=1S/C11H16N2O2/c1-8-3-4-9(7-13-8)5-10(6-12)11(14)15-2/h3-4,7,10H,5-6,12H2,1-2H3. The fourth-order valence-corrected chi connectivity index (χ4v) is 1.33. The van der Waals surface area contributed by atoms with Crippen molar-refractivity contribution in [3.8, 4) is 0 Å². The van der Waals surface area contributed by atoms with Gasteiger partial charge in [0.25, 0.3) is 0 Å². The molecular weight excluding hydrogens is 192 g/mol. The first-order valence-corrected chi connectivity index (χ1v) is 4.86. The molecule has 4 heteroatoms. The van der Waals surface area contributed by atoms with E-state index in [9.17, 15) is 4.79 Å². The lowest BCUT2D eigenvalue weighted by Crippen LogP contribution is -2.26. The number of rotatable bonds is 4. The van der Waals surface area contributed by atoms with E-state index in [0.717, 1.165) is 11.3 Å². The van der Waals surface area contributed by atoms with Crippen LogP contribution in [0.4, 0.5) is 0 Å². The Labute approximate surface area is 89.5 Å². The molecule has 15 heavy (non-hydrogen) atoms. The molecule has 2 N–H and O–H groups in total. The molecule has 82 valence electrons. The number of esters is 1. The summed E-state index contributed by atoms with van der Waals surface area (Å²) < 4.78 is 4.66. The second-order valence-electron chi connectivity index (χ2n) is 3.47.